The summed E-state index contributed by atoms with van der Waals surface area (Å²) in [5.41, 5.74) is 2.80. The van der Waals surface area contributed by atoms with Crippen molar-refractivity contribution in [2.24, 2.45) is 0 Å². The van der Waals surface area contributed by atoms with Crippen molar-refractivity contribution >= 4 is 46.3 Å². The van der Waals surface area contributed by atoms with Gasteiger partial charge in [0.05, 0.1) is 16.3 Å². The molecule has 0 unspecified atom stereocenters. The molecular weight excluding hydrogens is 384 g/mol. The number of fused-ring (bicyclic) bond motifs is 1. The molecule has 2 amide bonds. The van der Waals surface area contributed by atoms with E-state index in [1.54, 1.807) is 18.2 Å². The summed E-state index contributed by atoms with van der Waals surface area (Å²) in [4.78, 5) is 35.7. The number of aromatic amines is 1. The van der Waals surface area contributed by atoms with Crippen LogP contribution in [0.3, 0.4) is 0 Å². The summed E-state index contributed by atoms with van der Waals surface area (Å²) < 4.78 is 0. The number of imidazole rings is 1. The number of halogens is 1. The Morgan fingerprint density at radius 2 is 1.93 bits per heavy atom. The lowest BCUT2D eigenvalue weighted by Gasteiger charge is -2.18. The number of nitrogens with zero attached hydrogens (tertiary/aromatic N) is 2. The number of aromatic nitrogens is 3. The Bertz CT molecular complexity index is 993. The van der Waals surface area contributed by atoms with Crippen LogP contribution in [0.5, 0.6) is 0 Å². The van der Waals surface area contributed by atoms with Crippen LogP contribution < -0.4 is 5.32 Å². The lowest BCUT2D eigenvalue weighted by Crippen LogP contribution is -2.31. The second kappa shape index (κ2) is 7.70. The number of imide groups is 1. The maximum absolute atomic E-state index is 12.2. The Morgan fingerprint density at radius 3 is 2.59 bits per heavy atom. The molecule has 6 nitrogen and oxygen atoms in total. The predicted molar refractivity (Wildman–Crippen MR) is 107 cm³/mol. The first-order valence-electron chi connectivity index (χ1n) is 8.31. The molecular formula is C19H19ClN4O2S. The summed E-state index contributed by atoms with van der Waals surface area (Å²) in [5, 5.41) is 3.43. The number of pyridine rings is 1. The SMILES string of the molecule is CC(C)(C)c1ccc(C(=O)NC(=O)CSc2nc3ncc(Cl)cc3[nH]2)cc1. The van der Waals surface area contributed by atoms with Crippen molar-refractivity contribution in [1.82, 2.24) is 20.3 Å². The quantitative estimate of drug-likeness (QED) is 0.645. The van der Waals surface area contributed by atoms with Gasteiger partial charge in [0.2, 0.25) is 5.91 Å². The second-order valence-corrected chi connectivity index (χ2v) is 8.46. The molecule has 27 heavy (non-hydrogen) atoms. The number of nitrogens with one attached hydrogen (secondary N) is 2. The van der Waals surface area contributed by atoms with Crippen LogP contribution in [-0.4, -0.2) is 32.5 Å². The molecule has 8 heteroatoms. The number of hydrogen-bond donors (Lipinski definition) is 2. The minimum Gasteiger partial charge on any atom is -0.331 e. The molecule has 0 saturated carbocycles. The molecule has 0 aliphatic heterocycles. The molecule has 2 heterocycles. The van der Waals surface area contributed by atoms with Crippen molar-refractivity contribution < 1.29 is 9.59 Å². The predicted octanol–water partition coefficient (Wildman–Crippen LogP) is 3.96. The Balaban J connectivity index is 1.57. The summed E-state index contributed by atoms with van der Waals surface area (Å²) in [6, 6.07) is 8.98. The standard InChI is InChI=1S/C19H19ClN4O2S/c1-19(2,3)12-6-4-11(5-7-12)17(26)23-15(25)10-27-18-22-14-8-13(20)9-21-16(14)24-18/h4-9H,10H2,1-3H3,(H,21,22,24)(H,23,25,26). The third-order valence-corrected chi connectivity index (χ3v) is 4.97. The fourth-order valence-corrected chi connectivity index (χ4v) is 3.24. The summed E-state index contributed by atoms with van der Waals surface area (Å²) in [5.74, 6) is -0.755. The number of benzene rings is 1. The average Bonchev–Trinajstić information content (AvgIpc) is 3.01. The zero-order valence-electron chi connectivity index (χ0n) is 15.2. The van der Waals surface area contributed by atoms with E-state index in [-0.39, 0.29) is 11.2 Å². The molecule has 0 atom stereocenters. The molecule has 0 bridgehead atoms. The minimum atomic E-state index is -0.417. The van der Waals surface area contributed by atoms with E-state index in [9.17, 15) is 9.59 Å². The number of amides is 2. The van der Waals surface area contributed by atoms with Crippen LogP contribution >= 0.6 is 23.4 Å². The lowest BCUT2D eigenvalue weighted by molar-refractivity contribution is -0.117. The number of thioether (sulfide) groups is 1. The van der Waals surface area contributed by atoms with Crippen LogP contribution in [0, 0.1) is 0 Å². The van der Waals surface area contributed by atoms with Gasteiger partial charge in [0.15, 0.2) is 10.8 Å². The van der Waals surface area contributed by atoms with E-state index in [2.05, 4.69) is 41.0 Å². The van der Waals surface area contributed by atoms with Crippen LogP contribution in [0.25, 0.3) is 11.2 Å². The van der Waals surface area contributed by atoms with Gasteiger partial charge in [0.1, 0.15) is 0 Å². The first kappa shape index (κ1) is 19.4. The Morgan fingerprint density at radius 1 is 1.22 bits per heavy atom. The molecule has 0 fully saturated rings. The Labute approximate surface area is 166 Å². The summed E-state index contributed by atoms with van der Waals surface area (Å²) in [6.45, 7) is 6.30. The summed E-state index contributed by atoms with van der Waals surface area (Å²) in [7, 11) is 0. The van der Waals surface area contributed by atoms with Gasteiger partial charge in [-0.05, 0) is 29.2 Å². The van der Waals surface area contributed by atoms with Crippen molar-refractivity contribution in [3.8, 4) is 0 Å². The minimum absolute atomic E-state index is 0.00708. The largest absolute Gasteiger partial charge is 0.331 e. The molecule has 140 valence electrons. The van der Waals surface area contributed by atoms with Crippen LogP contribution in [-0.2, 0) is 10.2 Å². The molecule has 1 aromatic carbocycles. The third kappa shape index (κ3) is 4.87. The number of hydrogen-bond acceptors (Lipinski definition) is 5. The highest BCUT2D eigenvalue weighted by atomic mass is 35.5. The molecule has 0 radical (unpaired) electrons. The van der Waals surface area contributed by atoms with Gasteiger partial charge in [-0.25, -0.2) is 9.97 Å². The van der Waals surface area contributed by atoms with Crippen molar-refractivity contribution in [2.75, 3.05) is 5.75 Å². The molecule has 0 aliphatic carbocycles. The first-order valence-corrected chi connectivity index (χ1v) is 9.67. The fourth-order valence-electron chi connectivity index (χ4n) is 2.41. The third-order valence-electron chi connectivity index (χ3n) is 3.89. The van der Waals surface area contributed by atoms with Crippen molar-refractivity contribution in [3.05, 3.63) is 52.7 Å². The van der Waals surface area contributed by atoms with Crippen molar-refractivity contribution in [3.63, 3.8) is 0 Å². The topological polar surface area (TPSA) is 87.7 Å². The van der Waals surface area contributed by atoms with Crippen LogP contribution in [0.2, 0.25) is 5.02 Å². The summed E-state index contributed by atoms with van der Waals surface area (Å²) >= 11 is 7.08. The van der Waals surface area contributed by atoms with Gasteiger partial charge >= 0.3 is 0 Å². The normalized spacial score (nSPS) is 11.6. The monoisotopic (exact) mass is 402 g/mol. The molecule has 0 spiro atoms. The van der Waals surface area contributed by atoms with E-state index in [0.29, 0.717) is 26.9 Å². The number of rotatable bonds is 4. The van der Waals surface area contributed by atoms with Gasteiger partial charge in [-0.3, -0.25) is 14.9 Å². The molecule has 0 saturated heterocycles. The molecule has 2 aromatic heterocycles. The van der Waals surface area contributed by atoms with Crippen LogP contribution in [0.15, 0.2) is 41.7 Å². The summed E-state index contributed by atoms with van der Waals surface area (Å²) in [6.07, 6.45) is 1.51. The van der Waals surface area contributed by atoms with E-state index in [1.165, 1.54) is 18.0 Å². The Kier molecular flexibility index (Phi) is 5.53. The van der Waals surface area contributed by atoms with E-state index < -0.39 is 11.8 Å². The second-order valence-electron chi connectivity index (χ2n) is 7.06. The van der Waals surface area contributed by atoms with Gasteiger partial charge in [-0.15, -0.1) is 0 Å². The number of carbonyl (C=O) groups is 2. The molecule has 2 N–H and O–H groups in total. The molecule has 0 aliphatic rings. The zero-order chi connectivity index (χ0) is 19.6. The number of carbonyl (C=O) groups excluding carboxylic acids is 2. The average molecular weight is 403 g/mol. The van der Waals surface area contributed by atoms with Gasteiger partial charge in [0.25, 0.3) is 5.91 Å². The zero-order valence-corrected chi connectivity index (χ0v) is 16.7. The van der Waals surface area contributed by atoms with Gasteiger partial charge < -0.3 is 4.98 Å². The van der Waals surface area contributed by atoms with Crippen molar-refractivity contribution in [2.45, 2.75) is 31.3 Å². The van der Waals surface area contributed by atoms with E-state index >= 15 is 0 Å². The van der Waals surface area contributed by atoms with E-state index in [0.717, 1.165) is 5.56 Å². The van der Waals surface area contributed by atoms with Crippen LogP contribution in [0.4, 0.5) is 0 Å². The van der Waals surface area contributed by atoms with Crippen LogP contribution in [0.1, 0.15) is 36.7 Å². The lowest BCUT2D eigenvalue weighted by atomic mass is 9.87. The smallest absolute Gasteiger partial charge is 0.257 e. The highest BCUT2D eigenvalue weighted by Crippen LogP contribution is 2.22. The maximum Gasteiger partial charge on any atom is 0.257 e. The molecule has 3 rings (SSSR count). The fraction of sp³-hybridized carbons (Fsp3) is 0.263. The first-order chi connectivity index (χ1) is 12.7. The Hall–Kier alpha value is -2.38. The maximum atomic E-state index is 12.2. The van der Waals surface area contributed by atoms with E-state index in [1.807, 2.05) is 12.1 Å². The van der Waals surface area contributed by atoms with Gasteiger partial charge in [-0.2, -0.15) is 0 Å². The highest BCUT2D eigenvalue weighted by Gasteiger charge is 2.16. The number of H-pyrrole nitrogens is 1. The van der Waals surface area contributed by atoms with Crippen molar-refractivity contribution in [1.29, 1.82) is 0 Å². The van der Waals surface area contributed by atoms with Gasteiger partial charge in [0, 0.05) is 11.8 Å². The highest BCUT2D eigenvalue weighted by molar-refractivity contribution is 7.99. The van der Waals surface area contributed by atoms with Gasteiger partial charge in [-0.1, -0.05) is 56.3 Å². The molecule has 3 aromatic rings. The van der Waals surface area contributed by atoms with E-state index in [4.69, 9.17) is 11.6 Å².